The Hall–Kier alpha value is -1.10. The van der Waals surface area contributed by atoms with E-state index in [4.69, 9.17) is 5.11 Å². The number of nitrogens with one attached hydrogen (secondary N) is 1. The molecule has 5 heteroatoms. The van der Waals surface area contributed by atoms with E-state index in [1.54, 1.807) is 11.8 Å². The first-order chi connectivity index (χ1) is 7.94. The number of hydrogen-bond acceptors (Lipinski definition) is 3. The van der Waals surface area contributed by atoms with Crippen molar-refractivity contribution in [3.8, 4) is 0 Å². The standard InChI is InChI=1S/C12H20N2O3/c1-8(10(15)16)9-5-14(6-9)11(17)12(2)3-4-13-7-12/h8-9,13H,3-7H2,1-2H3,(H,15,16). The molecule has 0 spiro atoms. The Bertz CT molecular complexity index is 331. The van der Waals surface area contributed by atoms with E-state index in [0.717, 1.165) is 19.5 Å². The van der Waals surface area contributed by atoms with Crippen molar-refractivity contribution in [1.82, 2.24) is 10.2 Å². The van der Waals surface area contributed by atoms with Crippen LogP contribution in [0.1, 0.15) is 20.3 Å². The van der Waals surface area contributed by atoms with Crippen LogP contribution in [0.15, 0.2) is 0 Å². The molecule has 2 unspecified atom stereocenters. The van der Waals surface area contributed by atoms with Crippen molar-refractivity contribution in [2.24, 2.45) is 17.3 Å². The molecule has 2 fully saturated rings. The lowest BCUT2D eigenvalue weighted by molar-refractivity contribution is -0.155. The summed E-state index contributed by atoms with van der Waals surface area (Å²) in [7, 11) is 0. The van der Waals surface area contributed by atoms with Gasteiger partial charge < -0.3 is 15.3 Å². The predicted octanol–water partition coefficient (Wildman–Crippen LogP) is 0.165. The number of rotatable bonds is 3. The number of amides is 1. The average Bonchev–Trinajstić information content (AvgIpc) is 2.63. The molecule has 2 saturated heterocycles. The highest BCUT2D eigenvalue weighted by atomic mass is 16.4. The van der Waals surface area contributed by atoms with Crippen molar-refractivity contribution in [3.63, 3.8) is 0 Å². The zero-order valence-electron chi connectivity index (χ0n) is 10.4. The van der Waals surface area contributed by atoms with Crippen LogP contribution < -0.4 is 5.32 Å². The Labute approximate surface area is 101 Å². The molecule has 0 bridgehead atoms. The van der Waals surface area contributed by atoms with Crippen LogP contribution in [0.3, 0.4) is 0 Å². The average molecular weight is 240 g/mol. The van der Waals surface area contributed by atoms with Gasteiger partial charge in [0.05, 0.1) is 11.3 Å². The van der Waals surface area contributed by atoms with E-state index >= 15 is 0 Å². The minimum absolute atomic E-state index is 0.120. The first-order valence-electron chi connectivity index (χ1n) is 6.17. The Morgan fingerprint density at radius 2 is 2.12 bits per heavy atom. The first-order valence-corrected chi connectivity index (χ1v) is 6.17. The van der Waals surface area contributed by atoms with E-state index in [0.29, 0.717) is 13.1 Å². The third kappa shape index (κ3) is 2.16. The van der Waals surface area contributed by atoms with Crippen LogP contribution in [0.25, 0.3) is 0 Å². The van der Waals surface area contributed by atoms with Gasteiger partial charge in [-0.1, -0.05) is 6.92 Å². The molecule has 0 aromatic carbocycles. The highest BCUT2D eigenvalue weighted by Crippen LogP contribution is 2.32. The quantitative estimate of drug-likeness (QED) is 0.737. The summed E-state index contributed by atoms with van der Waals surface area (Å²) in [6.07, 6.45) is 0.876. The van der Waals surface area contributed by atoms with Gasteiger partial charge in [0.25, 0.3) is 0 Å². The smallest absolute Gasteiger partial charge is 0.306 e. The number of nitrogens with zero attached hydrogens (tertiary/aromatic N) is 1. The van der Waals surface area contributed by atoms with Gasteiger partial charge in [-0.3, -0.25) is 9.59 Å². The lowest BCUT2D eigenvalue weighted by Gasteiger charge is -2.44. The van der Waals surface area contributed by atoms with Crippen molar-refractivity contribution in [2.75, 3.05) is 26.2 Å². The maximum absolute atomic E-state index is 12.2. The maximum Gasteiger partial charge on any atom is 0.306 e. The highest BCUT2D eigenvalue weighted by molar-refractivity contribution is 5.84. The molecule has 0 saturated carbocycles. The summed E-state index contributed by atoms with van der Waals surface area (Å²) in [6.45, 7) is 6.53. The molecule has 2 heterocycles. The van der Waals surface area contributed by atoms with Gasteiger partial charge in [0.15, 0.2) is 0 Å². The normalized spacial score (nSPS) is 31.1. The molecule has 5 nitrogen and oxygen atoms in total. The Morgan fingerprint density at radius 3 is 2.59 bits per heavy atom. The second-order valence-electron chi connectivity index (χ2n) is 5.58. The van der Waals surface area contributed by atoms with Crippen molar-refractivity contribution >= 4 is 11.9 Å². The lowest BCUT2D eigenvalue weighted by atomic mass is 9.82. The van der Waals surface area contributed by atoms with Gasteiger partial charge in [-0.15, -0.1) is 0 Å². The van der Waals surface area contributed by atoms with E-state index in [-0.39, 0.29) is 23.2 Å². The van der Waals surface area contributed by atoms with E-state index < -0.39 is 5.97 Å². The number of likely N-dealkylation sites (tertiary alicyclic amines) is 1. The van der Waals surface area contributed by atoms with Crippen LogP contribution in [0, 0.1) is 17.3 Å². The van der Waals surface area contributed by atoms with Crippen LogP contribution >= 0.6 is 0 Å². The first kappa shape index (κ1) is 12.4. The van der Waals surface area contributed by atoms with Crippen LogP contribution in [-0.2, 0) is 9.59 Å². The van der Waals surface area contributed by atoms with Gasteiger partial charge in [-0.05, 0) is 19.9 Å². The SMILES string of the molecule is CC(C(=O)O)C1CN(C(=O)C2(C)CCNC2)C1. The molecule has 2 atom stereocenters. The number of carboxylic acid groups (broad SMARTS) is 1. The second kappa shape index (κ2) is 4.29. The molecule has 0 aliphatic carbocycles. The van der Waals surface area contributed by atoms with E-state index in [1.165, 1.54) is 0 Å². The van der Waals surface area contributed by atoms with Gasteiger partial charge in [0.1, 0.15) is 0 Å². The third-order valence-corrected chi connectivity index (χ3v) is 4.18. The fourth-order valence-corrected chi connectivity index (χ4v) is 2.58. The molecule has 0 aromatic rings. The van der Waals surface area contributed by atoms with E-state index in [9.17, 15) is 9.59 Å². The summed E-state index contributed by atoms with van der Waals surface area (Å²) < 4.78 is 0. The molecule has 0 aromatic heterocycles. The maximum atomic E-state index is 12.2. The second-order valence-corrected chi connectivity index (χ2v) is 5.58. The molecule has 2 aliphatic heterocycles. The fraction of sp³-hybridized carbons (Fsp3) is 0.833. The van der Waals surface area contributed by atoms with Gasteiger partial charge in [-0.2, -0.15) is 0 Å². The van der Waals surface area contributed by atoms with Crippen LogP contribution in [0.2, 0.25) is 0 Å². The van der Waals surface area contributed by atoms with Crippen LogP contribution in [0.5, 0.6) is 0 Å². The summed E-state index contributed by atoms with van der Waals surface area (Å²) in [5.74, 6) is -0.824. The molecule has 1 amide bonds. The molecule has 2 aliphatic rings. The molecule has 96 valence electrons. The van der Waals surface area contributed by atoms with Crippen molar-refractivity contribution in [1.29, 1.82) is 0 Å². The largest absolute Gasteiger partial charge is 0.481 e. The summed E-state index contributed by atoms with van der Waals surface area (Å²) in [4.78, 5) is 24.8. The van der Waals surface area contributed by atoms with E-state index in [1.807, 2.05) is 6.92 Å². The topological polar surface area (TPSA) is 69.6 Å². The molecule has 2 rings (SSSR count). The fourth-order valence-electron chi connectivity index (χ4n) is 2.58. The van der Waals surface area contributed by atoms with Gasteiger partial charge in [0, 0.05) is 25.6 Å². The molecule has 17 heavy (non-hydrogen) atoms. The number of carboxylic acids is 1. The lowest BCUT2D eigenvalue weighted by Crippen LogP contribution is -2.57. The Kier molecular flexibility index (Phi) is 3.12. The number of carbonyl (C=O) groups excluding carboxylic acids is 1. The highest BCUT2D eigenvalue weighted by Gasteiger charge is 2.45. The monoisotopic (exact) mass is 240 g/mol. The van der Waals surface area contributed by atoms with Crippen LogP contribution in [-0.4, -0.2) is 48.1 Å². The summed E-state index contributed by atoms with van der Waals surface area (Å²) >= 11 is 0. The summed E-state index contributed by atoms with van der Waals surface area (Å²) in [6, 6.07) is 0. The zero-order chi connectivity index (χ0) is 12.6. The predicted molar refractivity (Wildman–Crippen MR) is 62.5 cm³/mol. The zero-order valence-corrected chi connectivity index (χ0v) is 10.4. The number of carbonyl (C=O) groups is 2. The molecular formula is C12H20N2O3. The molecule has 2 N–H and O–H groups in total. The number of hydrogen-bond donors (Lipinski definition) is 2. The van der Waals surface area contributed by atoms with Crippen molar-refractivity contribution < 1.29 is 14.7 Å². The molecule has 0 radical (unpaired) electrons. The Morgan fingerprint density at radius 1 is 1.47 bits per heavy atom. The Balaban J connectivity index is 1.87. The summed E-state index contributed by atoms with van der Waals surface area (Å²) in [5, 5.41) is 12.1. The van der Waals surface area contributed by atoms with Crippen LogP contribution in [0.4, 0.5) is 0 Å². The minimum atomic E-state index is -0.768. The van der Waals surface area contributed by atoms with E-state index in [2.05, 4.69) is 5.32 Å². The minimum Gasteiger partial charge on any atom is -0.481 e. The van der Waals surface area contributed by atoms with Crippen molar-refractivity contribution in [3.05, 3.63) is 0 Å². The van der Waals surface area contributed by atoms with Crippen molar-refractivity contribution in [2.45, 2.75) is 20.3 Å². The third-order valence-electron chi connectivity index (χ3n) is 4.18. The molecular weight excluding hydrogens is 220 g/mol. The number of aliphatic carboxylic acids is 1. The van der Waals surface area contributed by atoms with Gasteiger partial charge in [0.2, 0.25) is 5.91 Å². The summed E-state index contributed by atoms with van der Waals surface area (Å²) in [5.41, 5.74) is -0.280. The van der Waals surface area contributed by atoms with Gasteiger partial charge in [-0.25, -0.2) is 0 Å². The van der Waals surface area contributed by atoms with Gasteiger partial charge >= 0.3 is 5.97 Å².